The molecule has 0 unspecified atom stereocenters. The third-order valence-electron chi connectivity index (χ3n) is 4.06. The van der Waals surface area contributed by atoms with Crippen LogP contribution in [-0.4, -0.2) is 0 Å². The lowest BCUT2D eigenvalue weighted by atomic mass is 9.80. The van der Waals surface area contributed by atoms with Gasteiger partial charge in [0.25, 0.3) is 0 Å². The van der Waals surface area contributed by atoms with E-state index in [2.05, 4.69) is 55.4 Å². The molecule has 0 aliphatic heterocycles. The predicted molar refractivity (Wildman–Crippen MR) is 101 cm³/mol. The zero-order valence-electron chi connectivity index (χ0n) is 16.9. The highest BCUT2D eigenvalue weighted by Crippen LogP contribution is 2.35. The predicted octanol–water partition coefficient (Wildman–Crippen LogP) is 7.47. The Balaban J connectivity index is 0. The fourth-order valence-corrected chi connectivity index (χ4v) is 3.38. The van der Waals surface area contributed by atoms with Gasteiger partial charge in [-0.1, -0.05) is 62.3 Å². The lowest BCUT2D eigenvalue weighted by molar-refractivity contribution is 0.795. The van der Waals surface area contributed by atoms with Crippen molar-refractivity contribution in [3.63, 3.8) is 0 Å². The third-order valence-corrected chi connectivity index (χ3v) is 4.06. The Bertz CT molecular complexity index is 409. The summed E-state index contributed by atoms with van der Waals surface area (Å²) < 4.78 is 0. The van der Waals surface area contributed by atoms with Gasteiger partial charge < -0.3 is 0 Å². The minimum Gasteiger partial charge on any atom is -0.0683 e. The summed E-state index contributed by atoms with van der Waals surface area (Å²) in [5.74, 6) is 1.25. The second kappa shape index (κ2) is 10.9. The largest absolute Gasteiger partial charge is 0.0683 e. The van der Waals surface area contributed by atoms with Crippen molar-refractivity contribution in [3.05, 3.63) is 33.4 Å². The molecule has 0 bridgehead atoms. The van der Waals surface area contributed by atoms with E-state index in [-0.39, 0.29) is 0 Å². The van der Waals surface area contributed by atoms with E-state index in [1.54, 1.807) is 16.7 Å². The summed E-state index contributed by atoms with van der Waals surface area (Å²) >= 11 is 0. The van der Waals surface area contributed by atoms with Crippen LogP contribution in [0.1, 0.15) is 108 Å². The molecule has 124 valence electrons. The number of hydrogen-bond donors (Lipinski definition) is 0. The smallest absolute Gasteiger partial charge is 0.0213 e. The Morgan fingerprint density at radius 2 is 0.952 bits per heavy atom. The summed E-state index contributed by atoms with van der Waals surface area (Å²) in [6, 6.07) is 0. The highest BCUT2D eigenvalue weighted by Gasteiger charge is 2.19. The van der Waals surface area contributed by atoms with Crippen LogP contribution in [0.25, 0.3) is 0 Å². The topological polar surface area (TPSA) is 0 Å². The first-order valence-electron chi connectivity index (χ1n) is 8.95. The van der Waals surface area contributed by atoms with Gasteiger partial charge in [0.05, 0.1) is 0 Å². The summed E-state index contributed by atoms with van der Waals surface area (Å²) in [6.45, 7) is 26.4. The van der Waals surface area contributed by atoms with E-state index in [0.29, 0.717) is 11.8 Å². The number of rotatable bonds is 3. The molecule has 0 nitrogen and oxygen atoms in total. The Labute approximate surface area is 135 Å². The van der Waals surface area contributed by atoms with Crippen molar-refractivity contribution < 1.29 is 0 Å². The number of hydrogen-bond acceptors (Lipinski definition) is 0. The highest BCUT2D eigenvalue weighted by molar-refractivity contribution is 5.52. The van der Waals surface area contributed by atoms with E-state index in [1.165, 1.54) is 16.7 Å². The summed E-state index contributed by atoms with van der Waals surface area (Å²) in [5.41, 5.74) is 9.32. The van der Waals surface area contributed by atoms with Gasteiger partial charge in [-0.15, -0.1) is 0 Å². The SMILES string of the molecule is CC.CC.CCc1c(C)c(C(C)C)c(C)c(C)c1C(C)C. The molecule has 0 spiro atoms. The lowest BCUT2D eigenvalue weighted by Gasteiger charge is -2.25. The molecule has 0 aliphatic rings. The molecule has 0 heterocycles. The molecule has 0 saturated carbocycles. The zero-order valence-corrected chi connectivity index (χ0v) is 16.9. The van der Waals surface area contributed by atoms with Crippen LogP contribution in [0, 0.1) is 20.8 Å². The van der Waals surface area contributed by atoms with Crippen LogP contribution in [0.2, 0.25) is 0 Å². The quantitative estimate of drug-likeness (QED) is 0.542. The molecular weight excluding hydrogens is 252 g/mol. The van der Waals surface area contributed by atoms with Crippen molar-refractivity contribution in [2.75, 3.05) is 0 Å². The zero-order chi connectivity index (χ0) is 17.3. The van der Waals surface area contributed by atoms with E-state index in [9.17, 15) is 0 Å². The van der Waals surface area contributed by atoms with Gasteiger partial charge >= 0.3 is 0 Å². The van der Waals surface area contributed by atoms with Gasteiger partial charge in [-0.25, -0.2) is 0 Å². The van der Waals surface area contributed by atoms with Gasteiger partial charge in [-0.05, 0) is 72.4 Å². The minimum absolute atomic E-state index is 0.625. The highest BCUT2D eigenvalue weighted by atomic mass is 14.2. The molecule has 0 saturated heterocycles. The molecule has 1 aromatic carbocycles. The maximum atomic E-state index is 2.31. The molecule has 0 amide bonds. The average Bonchev–Trinajstić information content (AvgIpc) is 2.46. The molecule has 0 fully saturated rings. The van der Waals surface area contributed by atoms with Crippen LogP contribution in [0.15, 0.2) is 0 Å². The van der Waals surface area contributed by atoms with Crippen molar-refractivity contribution in [1.82, 2.24) is 0 Å². The Morgan fingerprint density at radius 1 is 0.619 bits per heavy atom. The molecule has 0 atom stereocenters. The molecule has 1 rings (SSSR count). The third kappa shape index (κ3) is 5.16. The van der Waals surface area contributed by atoms with Gasteiger partial charge in [0.1, 0.15) is 0 Å². The van der Waals surface area contributed by atoms with E-state index in [0.717, 1.165) is 6.42 Å². The first kappa shape index (κ1) is 22.5. The second-order valence-electron chi connectivity index (χ2n) is 5.84. The first-order valence-corrected chi connectivity index (χ1v) is 8.95. The molecular formula is C21H40. The van der Waals surface area contributed by atoms with Crippen molar-refractivity contribution in [3.8, 4) is 0 Å². The average molecular weight is 293 g/mol. The van der Waals surface area contributed by atoms with E-state index < -0.39 is 0 Å². The van der Waals surface area contributed by atoms with Gasteiger partial charge in [-0.2, -0.15) is 0 Å². The molecule has 0 radical (unpaired) electrons. The minimum atomic E-state index is 0.625. The second-order valence-corrected chi connectivity index (χ2v) is 5.84. The van der Waals surface area contributed by atoms with Crippen LogP contribution in [0.3, 0.4) is 0 Å². The summed E-state index contributed by atoms with van der Waals surface area (Å²) in [5, 5.41) is 0. The molecule has 0 N–H and O–H groups in total. The Kier molecular flexibility index (Phi) is 11.7. The van der Waals surface area contributed by atoms with Crippen LogP contribution in [-0.2, 0) is 6.42 Å². The van der Waals surface area contributed by atoms with Crippen molar-refractivity contribution in [2.45, 2.75) is 101 Å². The van der Waals surface area contributed by atoms with Crippen LogP contribution < -0.4 is 0 Å². The van der Waals surface area contributed by atoms with Gasteiger partial charge in [0, 0.05) is 0 Å². The molecule has 21 heavy (non-hydrogen) atoms. The van der Waals surface area contributed by atoms with Gasteiger partial charge in [0.2, 0.25) is 0 Å². The van der Waals surface area contributed by atoms with E-state index in [4.69, 9.17) is 0 Å². The maximum Gasteiger partial charge on any atom is -0.0213 e. The normalized spacial score (nSPS) is 10.0. The molecule has 0 aliphatic carbocycles. The summed E-state index contributed by atoms with van der Waals surface area (Å²) in [6.07, 6.45) is 1.15. The first-order chi connectivity index (χ1) is 9.82. The monoisotopic (exact) mass is 292 g/mol. The fraction of sp³-hybridized carbons (Fsp3) is 0.714. The Hall–Kier alpha value is -0.780. The molecule has 1 aromatic rings. The lowest BCUT2D eigenvalue weighted by Crippen LogP contribution is -2.09. The summed E-state index contributed by atoms with van der Waals surface area (Å²) in [7, 11) is 0. The van der Waals surface area contributed by atoms with Crippen LogP contribution in [0.4, 0.5) is 0 Å². The van der Waals surface area contributed by atoms with Crippen molar-refractivity contribution in [1.29, 1.82) is 0 Å². The van der Waals surface area contributed by atoms with Crippen LogP contribution in [0.5, 0.6) is 0 Å². The summed E-state index contributed by atoms with van der Waals surface area (Å²) in [4.78, 5) is 0. The van der Waals surface area contributed by atoms with E-state index in [1.807, 2.05) is 27.7 Å². The van der Waals surface area contributed by atoms with Crippen molar-refractivity contribution in [2.24, 2.45) is 0 Å². The fourth-order valence-electron chi connectivity index (χ4n) is 3.38. The standard InChI is InChI=1S/C17H28.2C2H6/c1-9-15-14(8)16(10(2)3)12(6)13(7)17(15)11(4)5;2*1-2/h10-11H,9H2,1-8H3;2*1-2H3. The van der Waals surface area contributed by atoms with Gasteiger partial charge in [-0.3, -0.25) is 0 Å². The maximum absolute atomic E-state index is 2.31. The van der Waals surface area contributed by atoms with E-state index >= 15 is 0 Å². The molecule has 0 aromatic heterocycles. The number of benzene rings is 1. The van der Waals surface area contributed by atoms with Crippen molar-refractivity contribution >= 4 is 0 Å². The van der Waals surface area contributed by atoms with Gasteiger partial charge in [0.15, 0.2) is 0 Å². The molecule has 0 heteroatoms. The Morgan fingerprint density at radius 3 is 1.24 bits per heavy atom. The van der Waals surface area contributed by atoms with Crippen LogP contribution >= 0.6 is 0 Å².